The topological polar surface area (TPSA) is 66.8 Å². The molecule has 5 nitrogen and oxygen atoms in total. The molecule has 1 N–H and O–H groups in total. The van der Waals surface area contributed by atoms with Crippen LogP contribution in [0.5, 0.6) is 0 Å². The van der Waals surface area contributed by atoms with E-state index in [0.29, 0.717) is 6.54 Å². The van der Waals surface area contributed by atoms with Crippen LogP contribution in [0.15, 0.2) is 0 Å². The molecule has 1 aliphatic rings. The van der Waals surface area contributed by atoms with E-state index in [-0.39, 0.29) is 12.5 Å². The van der Waals surface area contributed by atoms with Crippen LogP contribution in [0.4, 0.5) is 4.79 Å². The van der Waals surface area contributed by atoms with Gasteiger partial charge in [-0.25, -0.2) is 4.79 Å². The largest absolute Gasteiger partial charge is 0.481 e. The van der Waals surface area contributed by atoms with Crippen molar-refractivity contribution in [3.8, 4) is 0 Å². The van der Waals surface area contributed by atoms with E-state index < -0.39 is 17.7 Å². The molecular weight excluding hydrogens is 222 g/mol. The second kappa shape index (κ2) is 5.38. The first-order chi connectivity index (χ1) is 7.79. The van der Waals surface area contributed by atoms with Crippen molar-refractivity contribution in [3.63, 3.8) is 0 Å². The van der Waals surface area contributed by atoms with Gasteiger partial charge in [-0.05, 0) is 40.0 Å². The second-order valence-corrected chi connectivity index (χ2v) is 5.42. The molecule has 1 heterocycles. The zero-order valence-electron chi connectivity index (χ0n) is 10.7. The number of carbonyl (C=O) groups is 2. The fourth-order valence-corrected chi connectivity index (χ4v) is 1.98. The second-order valence-electron chi connectivity index (χ2n) is 5.42. The molecule has 98 valence electrons. The van der Waals surface area contributed by atoms with Crippen molar-refractivity contribution in [1.29, 1.82) is 0 Å². The molecule has 1 amide bonds. The summed E-state index contributed by atoms with van der Waals surface area (Å²) >= 11 is 0. The van der Waals surface area contributed by atoms with Gasteiger partial charge in [-0.15, -0.1) is 0 Å². The fraction of sp³-hybridized carbons (Fsp3) is 0.833. The SMILES string of the molecule is CC(C)(C)OC(=O)N1CCCC[C@@H]1CC(=O)O. The molecular formula is C12H21NO4. The highest BCUT2D eigenvalue weighted by molar-refractivity contribution is 5.72. The van der Waals surface area contributed by atoms with Gasteiger partial charge in [0.05, 0.1) is 6.42 Å². The first-order valence-electron chi connectivity index (χ1n) is 6.01. The molecule has 0 bridgehead atoms. The average Bonchev–Trinajstić information content (AvgIpc) is 2.14. The number of carboxylic acid groups (broad SMARTS) is 1. The van der Waals surface area contributed by atoms with Crippen molar-refractivity contribution < 1.29 is 19.4 Å². The highest BCUT2D eigenvalue weighted by Gasteiger charge is 2.31. The molecule has 0 aromatic heterocycles. The lowest BCUT2D eigenvalue weighted by molar-refractivity contribution is -0.138. The summed E-state index contributed by atoms with van der Waals surface area (Å²) in [5.41, 5.74) is -0.539. The Kier molecular flexibility index (Phi) is 4.37. The van der Waals surface area contributed by atoms with Crippen LogP contribution < -0.4 is 0 Å². The number of ether oxygens (including phenoxy) is 1. The summed E-state index contributed by atoms with van der Waals surface area (Å²) < 4.78 is 5.28. The number of hydrogen-bond donors (Lipinski definition) is 1. The maximum atomic E-state index is 11.9. The van der Waals surface area contributed by atoms with Crippen molar-refractivity contribution in [2.45, 2.75) is 58.1 Å². The molecule has 0 aliphatic carbocycles. The van der Waals surface area contributed by atoms with Crippen LogP contribution in [0.25, 0.3) is 0 Å². The quantitative estimate of drug-likeness (QED) is 0.807. The van der Waals surface area contributed by atoms with Crippen LogP contribution in [0, 0.1) is 0 Å². The van der Waals surface area contributed by atoms with Crippen LogP contribution in [0.1, 0.15) is 46.5 Å². The lowest BCUT2D eigenvalue weighted by atomic mass is 10.00. The van der Waals surface area contributed by atoms with E-state index in [9.17, 15) is 9.59 Å². The Morgan fingerprint density at radius 2 is 2.00 bits per heavy atom. The third kappa shape index (κ3) is 4.63. The molecule has 0 spiro atoms. The van der Waals surface area contributed by atoms with E-state index in [2.05, 4.69) is 0 Å². The fourth-order valence-electron chi connectivity index (χ4n) is 1.98. The molecule has 17 heavy (non-hydrogen) atoms. The number of carbonyl (C=O) groups excluding carboxylic acids is 1. The highest BCUT2D eigenvalue weighted by atomic mass is 16.6. The summed E-state index contributed by atoms with van der Waals surface area (Å²) in [4.78, 5) is 24.2. The van der Waals surface area contributed by atoms with Gasteiger partial charge in [-0.3, -0.25) is 4.79 Å². The maximum absolute atomic E-state index is 11.9. The highest BCUT2D eigenvalue weighted by Crippen LogP contribution is 2.22. The first kappa shape index (κ1) is 13.8. The lowest BCUT2D eigenvalue weighted by Crippen LogP contribution is -2.46. The summed E-state index contributed by atoms with van der Waals surface area (Å²) in [6.07, 6.45) is 2.22. The standard InChI is InChI=1S/C12H21NO4/c1-12(2,3)17-11(16)13-7-5-4-6-9(13)8-10(14)15/h9H,4-8H2,1-3H3,(H,14,15)/t9-/m1/s1. The minimum absolute atomic E-state index is 0.000751. The Labute approximate surface area is 102 Å². The Balaban J connectivity index is 2.64. The van der Waals surface area contributed by atoms with Crippen LogP contribution in [-0.2, 0) is 9.53 Å². The molecule has 0 aromatic carbocycles. The number of likely N-dealkylation sites (tertiary alicyclic amines) is 1. The molecule has 1 rings (SSSR count). The summed E-state index contributed by atoms with van der Waals surface area (Å²) in [5, 5.41) is 8.82. The number of aliphatic carboxylic acids is 1. The van der Waals surface area contributed by atoms with E-state index in [0.717, 1.165) is 19.3 Å². The van der Waals surface area contributed by atoms with E-state index in [1.54, 1.807) is 25.7 Å². The van der Waals surface area contributed by atoms with Gasteiger partial charge < -0.3 is 14.7 Å². The van der Waals surface area contributed by atoms with Gasteiger partial charge in [-0.1, -0.05) is 0 Å². The lowest BCUT2D eigenvalue weighted by Gasteiger charge is -2.36. The predicted molar refractivity (Wildman–Crippen MR) is 62.8 cm³/mol. The van der Waals surface area contributed by atoms with Crippen LogP contribution in [0.3, 0.4) is 0 Å². The smallest absolute Gasteiger partial charge is 0.410 e. The summed E-state index contributed by atoms with van der Waals surface area (Å²) in [7, 11) is 0. The van der Waals surface area contributed by atoms with Crippen molar-refractivity contribution >= 4 is 12.1 Å². The monoisotopic (exact) mass is 243 g/mol. The van der Waals surface area contributed by atoms with Gasteiger partial charge in [-0.2, -0.15) is 0 Å². The van der Waals surface area contributed by atoms with Crippen LogP contribution in [0.2, 0.25) is 0 Å². The van der Waals surface area contributed by atoms with Gasteiger partial charge in [0.15, 0.2) is 0 Å². The van der Waals surface area contributed by atoms with Crippen LogP contribution in [-0.4, -0.2) is 40.3 Å². The predicted octanol–water partition coefficient (Wildman–Crippen LogP) is 2.25. The van der Waals surface area contributed by atoms with Crippen molar-refractivity contribution in [1.82, 2.24) is 4.90 Å². The van der Waals surface area contributed by atoms with Gasteiger partial charge in [0.2, 0.25) is 0 Å². The normalized spacial score (nSPS) is 21.1. The van der Waals surface area contributed by atoms with Gasteiger partial charge in [0, 0.05) is 12.6 Å². The van der Waals surface area contributed by atoms with Crippen LogP contribution >= 0.6 is 0 Å². The molecule has 1 fully saturated rings. The molecule has 0 unspecified atom stereocenters. The Morgan fingerprint density at radius 1 is 1.35 bits per heavy atom. The van der Waals surface area contributed by atoms with E-state index in [1.807, 2.05) is 0 Å². The first-order valence-corrected chi connectivity index (χ1v) is 6.01. The molecule has 0 saturated carbocycles. The molecule has 0 radical (unpaired) electrons. The average molecular weight is 243 g/mol. The Bertz CT molecular complexity index is 295. The van der Waals surface area contributed by atoms with Crippen molar-refractivity contribution in [2.75, 3.05) is 6.54 Å². The van der Waals surface area contributed by atoms with E-state index in [4.69, 9.17) is 9.84 Å². The molecule has 5 heteroatoms. The summed E-state index contributed by atoms with van der Waals surface area (Å²) in [6, 6.07) is -0.226. The zero-order valence-corrected chi connectivity index (χ0v) is 10.7. The minimum Gasteiger partial charge on any atom is -0.481 e. The maximum Gasteiger partial charge on any atom is 0.410 e. The van der Waals surface area contributed by atoms with Gasteiger partial charge in [0.1, 0.15) is 5.60 Å². The molecule has 0 aromatic rings. The van der Waals surface area contributed by atoms with E-state index >= 15 is 0 Å². The van der Waals surface area contributed by atoms with E-state index in [1.165, 1.54) is 0 Å². The minimum atomic E-state index is -0.870. The number of hydrogen-bond acceptors (Lipinski definition) is 3. The van der Waals surface area contributed by atoms with Crippen molar-refractivity contribution in [2.24, 2.45) is 0 Å². The number of amides is 1. The zero-order chi connectivity index (χ0) is 13.1. The third-order valence-corrected chi connectivity index (χ3v) is 2.67. The number of carboxylic acids is 1. The van der Waals surface area contributed by atoms with Crippen molar-refractivity contribution in [3.05, 3.63) is 0 Å². The molecule has 1 aliphatic heterocycles. The third-order valence-electron chi connectivity index (χ3n) is 2.67. The Morgan fingerprint density at radius 3 is 2.53 bits per heavy atom. The number of rotatable bonds is 2. The number of piperidine rings is 1. The molecule has 1 atom stereocenters. The van der Waals surface area contributed by atoms with Gasteiger partial charge in [0.25, 0.3) is 0 Å². The molecule has 1 saturated heterocycles. The van der Waals surface area contributed by atoms with Gasteiger partial charge >= 0.3 is 12.1 Å². The summed E-state index contributed by atoms with van der Waals surface area (Å²) in [6.45, 7) is 6.01. The number of nitrogens with zero attached hydrogens (tertiary/aromatic N) is 1. The summed E-state index contributed by atoms with van der Waals surface area (Å²) in [5.74, 6) is -0.870. The Hall–Kier alpha value is -1.26.